The maximum Gasteiger partial charge on any atom is 0.189 e. The Morgan fingerprint density at radius 1 is 0.254 bits per heavy atom. The van der Waals surface area contributed by atoms with Crippen LogP contribution < -0.4 is 38.9 Å². The Kier molecular flexibility index (Phi) is 26.8. The number of nitrogens with zero attached hydrogens (tertiary/aromatic N) is 8. The molecule has 0 N–H and O–H groups in total. The summed E-state index contributed by atoms with van der Waals surface area (Å²) in [6, 6.07) is 135. The van der Waals surface area contributed by atoms with E-state index in [2.05, 4.69) is 355 Å². The summed E-state index contributed by atoms with van der Waals surface area (Å²) in [5.74, 6) is 1.75. The Bertz CT molecular complexity index is 6070. The lowest BCUT2D eigenvalue weighted by atomic mass is 10.1. The van der Waals surface area contributed by atoms with Gasteiger partial charge in [0.05, 0.1) is 32.4 Å². The molecule has 0 saturated carbocycles. The summed E-state index contributed by atoms with van der Waals surface area (Å²) in [5.41, 5.74) is 17.8. The molecule has 562 valence electrons. The van der Waals surface area contributed by atoms with E-state index in [0.717, 1.165) is 45.6 Å². The topological polar surface area (TPSA) is 66.1 Å². The first kappa shape index (κ1) is 79.0. The van der Waals surface area contributed by atoms with E-state index in [1.165, 1.54) is 99.1 Å². The van der Waals surface area contributed by atoms with Gasteiger partial charge in [0.25, 0.3) is 0 Å². The third-order valence-electron chi connectivity index (χ3n) is 20.2. The molecule has 0 amide bonds. The minimum absolute atomic E-state index is 0.667. The fraction of sp³-hybridized carbons (Fsp3) is 0.0962. The highest BCUT2D eigenvalue weighted by Gasteiger charge is 2.14. The molecule has 0 unspecified atom stereocenters. The number of anilines is 12. The van der Waals surface area contributed by atoms with E-state index in [9.17, 15) is 0 Å². The van der Waals surface area contributed by atoms with Crippen LogP contribution in [0.15, 0.2) is 388 Å². The molecule has 10 nitrogen and oxygen atoms in total. The number of hydrogen-bond acceptors (Lipinski definition) is 9. The van der Waals surface area contributed by atoms with Crippen molar-refractivity contribution >= 4 is 128 Å². The molecule has 0 heterocycles. The van der Waals surface area contributed by atoms with Crippen LogP contribution in [0, 0.1) is 31.8 Å². The summed E-state index contributed by atoms with van der Waals surface area (Å²) in [6.45, 7) is 11.2. The zero-order valence-electron chi connectivity index (χ0n) is 66.3. The number of para-hydroxylation sites is 1. The highest BCUT2D eigenvalue weighted by atomic mass is 16.5. The van der Waals surface area contributed by atoms with Gasteiger partial charge in [-0.05, 0) is 186 Å². The largest absolute Gasteiger partial charge is 0.497 e. The molecule has 0 saturated heterocycles. The van der Waals surface area contributed by atoms with Crippen LogP contribution in [0.4, 0.5) is 73.9 Å². The minimum Gasteiger partial charge on any atom is -0.497 e. The molecule has 0 radical (unpaired) electrons. The third kappa shape index (κ3) is 19.7. The lowest BCUT2D eigenvalue weighted by molar-refractivity contribution is 0.415. The Hall–Kier alpha value is -14.6. The Morgan fingerprint density at radius 2 is 0.544 bits per heavy atom. The summed E-state index contributed by atoms with van der Waals surface area (Å²) >= 11 is 0. The van der Waals surface area contributed by atoms with Crippen LogP contribution in [-0.4, -0.2) is 56.5 Å². The minimum atomic E-state index is 0.667. The molecule has 0 spiro atoms. The maximum absolute atomic E-state index is 8.86. The quantitative estimate of drug-likeness (QED) is 0.0991. The maximum atomic E-state index is 8.86. The number of methoxy groups -OCH3 is 2. The van der Waals surface area contributed by atoms with Crippen LogP contribution in [0.1, 0.15) is 16.7 Å². The second-order valence-electron chi connectivity index (χ2n) is 27.5. The van der Waals surface area contributed by atoms with Crippen LogP contribution in [0.25, 0.3) is 58.7 Å². The number of fused-ring (bicyclic) bond motifs is 5. The zero-order valence-corrected chi connectivity index (χ0v) is 66.3. The number of ether oxygens (including phenoxy) is 2. The van der Waals surface area contributed by atoms with Crippen molar-refractivity contribution in [2.75, 3.05) is 85.9 Å². The molecule has 17 aromatic rings. The van der Waals surface area contributed by atoms with E-state index in [-0.39, 0.29) is 0 Å². The summed E-state index contributed by atoms with van der Waals surface area (Å²) in [5, 5.41) is 21.5. The summed E-state index contributed by atoms with van der Waals surface area (Å²) < 4.78 is 10.5. The molecule has 10 heteroatoms. The molecular formula is C104H94N8O2. The smallest absolute Gasteiger partial charge is 0.189 e. The van der Waals surface area contributed by atoms with Crippen LogP contribution in [0.5, 0.6) is 11.5 Å². The first-order chi connectivity index (χ1) is 55.7. The van der Waals surface area contributed by atoms with Gasteiger partial charge in [0.15, 0.2) is 5.69 Å². The van der Waals surface area contributed by atoms with Gasteiger partial charge < -0.3 is 38.9 Å². The van der Waals surface area contributed by atoms with E-state index < -0.39 is 0 Å². The lowest BCUT2D eigenvalue weighted by Gasteiger charge is -2.22. The molecule has 0 aliphatic rings. The Balaban J connectivity index is 0.000000127. The monoisotopic (exact) mass is 1490 g/mol. The fourth-order valence-electron chi connectivity index (χ4n) is 13.8. The number of nitriles is 1. The third-order valence-corrected chi connectivity index (χ3v) is 20.2. The zero-order chi connectivity index (χ0) is 79.7. The number of aryl methyl sites for hydroxylation is 2. The Labute approximate surface area is 672 Å². The van der Waals surface area contributed by atoms with E-state index in [4.69, 9.17) is 21.3 Å². The van der Waals surface area contributed by atoms with Gasteiger partial charge >= 0.3 is 0 Å². The molecule has 114 heavy (non-hydrogen) atoms. The van der Waals surface area contributed by atoms with Crippen LogP contribution in [0.3, 0.4) is 0 Å². The average molecular weight is 1490 g/mol. The van der Waals surface area contributed by atoms with E-state index in [1.807, 2.05) is 129 Å². The number of benzene rings is 17. The van der Waals surface area contributed by atoms with Crippen LogP contribution in [0.2, 0.25) is 0 Å². The second-order valence-corrected chi connectivity index (χ2v) is 27.5. The van der Waals surface area contributed by atoms with Gasteiger partial charge in [0.2, 0.25) is 0 Å². The van der Waals surface area contributed by atoms with Crippen molar-refractivity contribution in [3.63, 3.8) is 0 Å². The normalized spacial score (nSPS) is 10.4. The van der Waals surface area contributed by atoms with Gasteiger partial charge in [0, 0.05) is 144 Å². The molecule has 0 aliphatic heterocycles. The molecular weight excluding hydrogens is 1390 g/mol. The lowest BCUT2D eigenvalue weighted by Crippen LogP contribution is -2.09. The van der Waals surface area contributed by atoms with Gasteiger partial charge in [-0.2, -0.15) is 5.26 Å². The summed E-state index contributed by atoms with van der Waals surface area (Å²) in [6.07, 6.45) is 0. The highest BCUT2D eigenvalue weighted by molar-refractivity contribution is 6.00. The molecule has 17 rings (SSSR count). The molecule has 0 aliphatic carbocycles. The predicted molar refractivity (Wildman–Crippen MR) is 487 cm³/mol. The Morgan fingerprint density at radius 3 is 0.912 bits per heavy atom. The van der Waals surface area contributed by atoms with Crippen molar-refractivity contribution < 1.29 is 9.47 Å². The standard InChI is InChI=1S/C18H14N2.2C18H17NO.2C18H17N.C14H12N2/c1-20(16-11-9-14(13-19)10-12-16)18-8-4-6-15-5-2-3-7-17(15)18;1-19(15-9-6-10-16(13-15)20-2)18-12-5-8-14-7-3-4-11-17(14)18;1-19(15-10-12-16(20-2)13-11-15)18-9-5-7-14-6-3-4-8-17(14)18;1-14-7-5-10-16(13-14)19(2)18-12-6-9-15-8-3-4-11-17(15)18;1-14-10-12-16(13-11-14)19(2)18-9-5-7-15-6-3-4-8-17(15)18;1-15-12-7-6-10-14(11-12)16(2)13-8-4-3-5-9-13/h2-12H,1H3;2*3-13H,1-2H3;2*3-13H,1-2H3;3-11H,2H3. The van der Waals surface area contributed by atoms with Crippen molar-refractivity contribution in [1.82, 2.24) is 0 Å². The van der Waals surface area contributed by atoms with Crippen molar-refractivity contribution in [2.45, 2.75) is 13.8 Å². The van der Waals surface area contributed by atoms with Gasteiger partial charge in [-0.3, -0.25) is 0 Å². The number of hydrogen-bond donors (Lipinski definition) is 0. The molecule has 0 fully saturated rings. The predicted octanol–water partition coefficient (Wildman–Crippen LogP) is 27.5. The summed E-state index contributed by atoms with van der Waals surface area (Å²) in [4.78, 5) is 16.5. The molecule has 0 aromatic heterocycles. The van der Waals surface area contributed by atoms with Crippen molar-refractivity contribution in [3.8, 4) is 17.6 Å². The molecule has 0 atom stereocenters. The van der Waals surface area contributed by atoms with E-state index >= 15 is 0 Å². The van der Waals surface area contributed by atoms with Gasteiger partial charge in [0.1, 0.15) is 11.5 Å². The van der Waals surface area contributed by atoms with Crippen molar-refractivity contribution in [2.24, 2.45) is 0 Å². The summed E-state index contributed by atoms with van der Waals surface area (Å²) in [7, 11) is 15.8. The van der Waals surface area contributed by atoms with Crippen LogP contribution in [-0.2, 0) is 0 Å². The van der Waals surface area contributed by atoms with Crippen molar-refractivity contribution in [1.29, 1.82) is 5.26 Å². The number of rotatable bonds is 14. The fourth-order valence-corrected chi connectivity index (χ4v) is 13.8. The average Bonchev–Trinajstić information content (AvgIpc) is 0.824. The second kappa shape index (κ2) is 38.7. The van der Waals surface area contributed by atoms with Gasteiger partial charge in [-0.25, -0.2) is 4.85 Å². The first-order valence-electron chi connectivity index (χ1n) is 38.0. The van der Waals surface area contributed by atoms with E-state index in [0.29, 0.717) is 11.3 Å². The van der Waals surface area contributed by atoms with E-state index in [1.54, 1.807) is 14.2 Å². The highest BCUT2D eigenvalue weighted by Crippen LogP contribution is 2.38. The van der Waals surface area contributed by atoms with Crippen molar-refractivity contribution in [3.05, 3.63) is 416 Å². The molecule has 0 bridgehead atoms. The van der Waals surface area contributed by atoms with Crippen LogP contribution >= 0.6 is 0 Å². The van der Waals surface area contributed by atoms with Gasteiger partial charge in [-0.1, -0.05) is 248 Å². The first-order valence-corrected chi connectivity index (χ1v) is 38.0. The SMILES string of the molecule is CN(c1ccc(C#N)cc1)c1cccc2ccccc12.COc1ccc(N(C)c2cccc3ccccc23)cc1.COc1cccc(N(C)c2cccc3ccccc23)c1.Cc1ccc(N(C)c2cccc3ccccc23)cc1.Cc1cccc(N(C)c2cccc3ccccc23)c1.[C-]#[N+]c1cccc(N(C)c2ccccc2)c1. The van der Waals surface area contributed by atoms with Gasteiger partial charge in [-0.15, -0.1) is 0 Å². The molecule has 17 aromatic carbocycles.